The van der Waals surface area contributed by atoms with E-state index in [0.29, 0.717) is 16.7 Å². The molecule has 6 rings (SSSR count). The van der Waals surface area contributed by atoms with Crippen molar-refractivity contribution in [3.63, 3.8) is 0 Å². The zero-order valence-electron chi connectivity index (χ0n) is 19.9. The number of fused-ring (bicyclic) bond motifs is 1. The largest absolute Gasteiger partial charge is 0.312 e. The smallest absolute Gasteiger partial charge is 0.231 e. The summed E-state index contributed by atoms with van der Waals surface area (Å²) >= 11 is 7.32. The fourth-order valence-corrected chi connectivity index (χ4v) is 6.18. The molecule has 2 saturated heterocycles. The van der Waals surface area contributed by atoms with Gasteiger partial charge >= 0.3 is 0 Å². The molecule has 2 aromatic carbocycles. The van der Waals surface area contributed by atoms with E-state index in [-0.39, 0.29) is 18.2 Å². The van der Waals surface area contributed by atoms with Crippen molar-refractivity contribution in [2.75, 3.05) is 29.9 Å². The van der Waals surface area contributed by atoms with Crippen LogP contribution in [-0.2, 0) is 29.0 Å². The summed E-state index contributed by atoms with van der Waals surface area (Å²) in [6, 6.07) is 16.0. The molecule has 2 aliphatic heterocycles. The second-order valence-electron chi connectivity index (χ2n) is 10.1. The monoisotopic (exact) mass is 521 g/mol. The van der Waals surface area contributed by atoms with Gasteiger partial charge in [0.25, 0.3) is 0 Å². The lowest BCUT2D eigenvalue weighted by Crippen LogP contribution is -2.28. The van der Waals surface area contributed by atoms with Gasteiger partial charge in [-0.15, -0.1) is 10.2 Å². The van der Waals surface area contributed by atoms with Gasteiger partial charge < -0.3 is 10.2 Å². The molecule has 0 spiro atoms. The highest BCUT2D eigenvalue weighted by Gasteiger charge is 2.44. The maximum atomic E-state index is 12.9. The van der Waals surface area contributed by atoms with E-state index in [1.54, 1.807) is 4.90 Å². The number of hydrogen-bond acceptors (Lipinski definition) is 6. The van der Waals surface area contributed by atoms with Gasteiger partial charge in [0, 0.05) is 49.7 Å². The zero-order chi connectivity index (χ0) is 24.6. The highest BCUT2D eigenvalue weighted by molar-refractivity contribution is 7.15. The van der Waals surface area contributed by atoms with Crippen LogP contribution in [-0.4, -0.2) is 46.5 Å². The molecule has 3 unspecified atom stereocenters. The highest BCUT2D eigenvalue weighted by atomic mass is 35.5. The van der Waals surface area contributed by atoms with E-state index >= 15 is 0 Å². The predicted molar refractivity (Wildman–Crippen MR) is 141 cm³/mol. The number of aromatic nitrogens is 2. The number of aryl methyl sites for hydroxylation is 2. The Balaban J connectivity index is 1.00. The van der Waals surface area contributed by atoms with Crippen LogP contribution >= 0.6 is 22.9 Å². The Morgan fingerprint density at radius 1 is 0.972 bits per heavy atom. The van der Waals surface area contributed by atoms with Crippen LogP contribution in [0.4, 0.5) is 10.8 Å². The number of nitrogens with one attached hydrogen (secondary N) is 1. The fraction of sp³-hybridized carbons (Fsp3) is 0.407. The van der Waals surface area contributed by atoms with Crippen molar-refractivity contribution in [2.24, 2.45) is 17.8 Å². The number of rotatable bonds is 8. The molecule has 7 nitrogen and oxygen atoms in total. The number of piperidine rings is 1. The van der Waals surface area contributed by atoms with Gasteiger partial charge in [0.05, 0.1) is 5.92 Å². The first kappa shape index (κ1) is 23.6. The van der Waals surface area contributed by atoms with Crippen LogP contribution in [0.1, 0.15) is 29.0 Å². The quantitative estimate of drug-likeness (QED) is 0.475. The molecule has 3 atom stereocenters. The third-order valence-electron chi connectivity index (χ3n) is 7.44. The lowest BCUT2D eigenvalue weighted by atomic mass is 10.1. The average molecular weight is 522 g/mol. The summed E-state index contributed by atoms with van der Waals surface area (Å²) in [7, 11) is 0. The number of anilines is 2. The summed E-state index contributed by atoms with van der Waals surface area (Å²) < 4.78 is 0. The summed E-state index contributed by atoms with van der Waals surface area (Å²) in [5.41, 5.74) is 3.29. The van der Waals surface area contributed by atoms with Crippen LogP contribution in [0.2, 0.25) is 5.02 Å². The minimum Gasteiger partial charge on any atom is -0.312 e. The lowest BCUT2D eigenvalue weighted by Gasteiger charge is -2.19. The standard InChI is InChI=1S/C27H28ClN5O2S/c28-22-6-1-17(2-7-22)5-10-24-30-31-27(36-24)29-26(35)21-12-25(34)33(16-21)23-8-3-18(4-9-23)13-32-14-19-11-20(19)15-32/h1-4,6-9,19-21H,5,10-16H2,(H,29,31,35). The Morgan fingerprint density at radius 2 is 1.69 bits per heavy atom. The fourth-order valence-electron chi connectivity index (χ4n) is 5.31. The molecular weight excluding hydrogens is 494 g/mol. The minimum atomic E-state index is -0.407. The molecule has 3 aliphatic rings. The summed E-state index contributed by atoms with van der Waals surface area (Å²) in [6.45, 7) is 3.77. The van der Waals surface area contributed by atoms with E-state index in [1.165, 1.54) is 42.0 Å². The van der Waals surface area contributed by atoms with Crippen molar-refractivity contribution in [1.82, 2.24) is 15.1 Å². The number of nitrogens with zero attached hydrogens (tertiary/aromatic N) is 4. The number of halogens is 1. The molecule has 0 bridgehead atoms. The summed E-state index contributed by atoms with van der Waals surface area (Å²) in [5, 5.41) is 13.2. The zero-order valence-corrected chi connectivity index (χ0v) is 21.5. The summed E-state index contributed by atoms with van der Waals surface area (Å²) in [4.78, 5) is 29.8. The Labute approximate surface area is 219 Å². The first-order valence-electron chi connectivity index (χ1n) is 12.5. The molecular formula is C27H28ClN5O2S. The van der Waals surface area contributed by atoms with Crippen molar-refractivity contribution in [3.05, 3.63) is 69.7 Å². The van der Waals surface area contributed by atoms with Crippen LogP contribution in [0.5, 0.6) is 0 Å². The summed E-state index contributed by atoms with van der Waals surface area (Å²) in [6.07, 6.45) is 3.17. The van der Waals surface area contributed by atoms with E-state index < -0.39 is 5.92 Å². The van der Waals surface area contributed by atoms with Gasteiger partial charge in [-0.25, -0.2) is 0 Å². The molecule has 1 saturated carbocycles. The normalized spacial score (nSPS) is 23.2. The van der Waals surface area contributed by atoms with E-state index in [2.05, 4.69) is 32.5 Å². The molecule has 2 amide bonds. The molecule has 1 aliphatic carbocycles. The van der Waals surface area contributed by atoms with Crippen molar-refractivity contribution in [3.8, 4) is 0 Å². The van der Waals surface area contributed by atoms with Gasteiger partial charge in [-0.3, -0.25) is 14.5 Å². The van der Waals surface area contributed by atoms with Crippen LogP contribution in [0.15, 0.2) is 48.5 Å². The molecule has 3 heterocycles. The Kier molecular flexibility index (Phi) is 6.50. The molecule has 1 aromatic heterocycles. The third-order valence-corrected chi connectivity index (χ3v) is 8.59. The van der Waals surface area contributed by atoms with E-state index in [0.717, 1.165) is 41.9 Å². The molecule has 1 N–H and O–H groups in total. The van der Waals surface area contributed by atoms with E-state index in [4.69, 9.17) is 11.6 Å². The third kappa shape index (κ3) is 5.31. The number of likely N-dealkylation sites (tertiary alicyclic amines) is 1. The lowest BCUT2D eigenvalue weighted by molar-refractivity contribution is -0.122. The molecule has 0 radical (unpaired) electrons. The Hall–Kier alpha value is -2.81. The SMILES string of the molecule is O=C(Nc1nnc(CCc2ccc(Cl)cc2)s1)C1CC(=O)N(c2ccc(CN3CC4CC4C3)cc2)C1. The van der Waals surface area contributed by atoms with Gasteiger partial charge in [-0.05, 0) is 60.1 Å². The minimum absolute atomic E-state index is 0.0246. The predicted octanol–water partition coefficient (Wildman–Crippen LogP) is 4.42. The van der Waals surface area contributed by atoms with Crippen LogP contribution in [0, 0.1) is 17.8 Å². The molecule has 9 heteroatoms. The van der Waals surface area contributed by atoms with Crippen molar-refractivity contribution in [1.29, 1.82) is 0 Å². The van der Waals surface area contributed by atoms with Crippen LogP contribution in [0.25, 0.3) is 0 Å². The molecule has 36 heavy (non-hydrogen) atoms. The number of carbonyl (C=O) groups excluding carboxylic acids is 2. The molecule has 3 fully saturated rings. The number of carbonyl (C=O) groups is 2. The topological polar surface area (TPSA) is 78.4 Å². The van der Waals surface area contributed by atoms with Crippen molar-refractivity contribution < 1.29 is 9.59 Å². The van der Waals surface area contributed by atoms with E-state index in [1.807, 2.05) is 36.4 Å². The number of benzene rings is 2. The molecule has 186 valence electrons. The summed E-state index contributed by atoms with van der Waals surface area (Å²) in [5.74, 6) is 1.24. The van der Waals surface area contributed by atoms with Gasteiger partial charge in [0.1, 0.15) is 5.01 Å². The Bertz CT molecular complexity index is 1250. The maximum Gasteiger partial charge on any atom is 0.231 e. The highest BCUT2D eigenvalue weighted by Crippen LogP contribution is 2.45. The number of hydrogen-bond donors (Lipinski definition) is 1. The van der Waals surface area contributed by atoms with Crippen LogP contribution < -0.4 is 10.2 Å². The van der Waals surface area contributed by atoms with Gasteiger partial charge in [-0.2, -0.15) is 0 Å². The van der Waals surface area contributed by atoms with Crippen molar-refractivity contribution in [2.45, 2.75) is 32.2 Å². The Morgan fingerprint density at radius 3 is 2.44 bits per heavy atom. The maximum absolute atomic E-state index is 12.9. The first-order valence-corrected chi connectivity index (χ1v) is 13.7. The van der Waals surface area contributed by atoms with Crippen molar-refractivity contribution >= 4 is 45.6 Å². The second kappa shape index (κ2) is 9.92. The van der Waals surface area contributed by atoms with Gasteiger partial charge in [0.2, 0.25) is 16.9 Å². The van der Waals surface area contributed by atoms with E-state index in [9.17, 15) is 9.59 Å². The second-order valence-corrected chi connectivity index (χ2v) is 11.6. The van der Waals surface area contributed by atoms with Crippen LogP contribution in [0.3, 0.4) is 0 Å². The average Bonchev–Trinajstić information content (AvgIpc) is 3.20. The number of amides is 2. The molecule has 3 aromatic rings. The first-order chi connectivity index (χ1) is 17.5. The van der Waals surface area contributed by atoms with Gasteiger partial charge in [0.15, 0.2) is 0 Å². The van der Waals surface area contributed by atoms with Gasteiger partial charge in [-0.1, -0.05) is 47.2 Å².